The normalized spacial score (nSPS) is 12.4. The van der Waals surface area contributed by atoms with Gasteiger partial charge in [0.15, 0.2) is 0 Å². The van der Waals surface area contributed by atoms with Gasteiger partial charge >= 0.3 is 0 Å². The van der Waals surface area contributed by atoms with Crippen molar-refractivity contribution in [3.63, 3.8) is 0 Å². The molecule has 0 aliphatic carbocycles. The number of rotatable bonds is 4. The highest BCUT2D eigenvalue weighted by Crippen LogP contribution is 2.52. The molecule has 0 saturated carbocycles. The zero-order valence-electron chi connectivity index (χ0n) is 23.9. The van der Waals surface area contributed by atoms with Crippen LogP contribution in [0.5, 0.6) is 0 Å². The molecule has 0 bridgehead atoms. The number of benzene rings is 6. The van der Waals surface area contributed by atoms with Gasteiger partial charge in [-0.05, 0) is 88.3 Å². The highest BCUT2D eigenvalue weighted by atomic mass is 32.2. The summed E-state index contributed by atoms with van der Waals surface area (Å²) in [7, 11) is -3.89. The van der Waals surface area contributed by atoms with Gasteiger partial charge in [0.1, 0.15) is 0 Å². The van der Waals surface area contributed by atoms with Crippen LogP contribution in [-0.4, -0.2) is 8.42 Å². The number of fused-ring (bicyclic) bond motifs is 4. The van der Waals surface area contributed by atoms with Crippen LogP contribution < -0.4 is 4.31 Å². The maximum atomic E-state index is 14.3. The Bertz CT molecular complexity index is 2180. The molecular formula is C38H28N2O2S. The van der Waals surface area contributed by atoms with E-state index in [-0.39, 0.29) is 11.4 Å². The van der Waals surface area contributed by atoms with E-state index < -0.39 is 10.0 Å². The van der Waals surface area contributed by atoms with Crippen LogP contribution in [0.3, 0.4) is 0 Å². The van der Waals surface area contributed by atoms with Crippen LogP contribution >= 0.6 is 0 Å². The van der Waals surface area contributed by atoms with Crippen molar-refractivity contribution in [1.82, 2.24) is 0 Å². The zero-order valence-corrected chi connectivity index (χ0v) is 24.7. The summed E-state index contributed by atoms with van der Waals surface area (Å²) < 4.78 is 30.2. The standard InChI is InChI=1S/C38H28N2O2S/c1-25-12-17-29(18-13-25)37-33-22-27(23-39)16-21-31(33)36(28-8-4-3-5-9-28)34-24-40(35-11-7-6-10-32(35)38(34)37)43(41,42)30-19-14-26(2)15-20-30/h3-22H,24H2,1-2H3. The molecule has 6 aromatic carbocycles. The molecule has 0 saturated heterocycles. The number of nitriles is 1. The molecule has 0 aromatic heterocycles. The van der Waals surface area contributed by atoms with Crippen LogP contribution in [0.15, 0.2) is 126 Å². The SMILES string of the molecule is Cc1ccc(-c2c3c(c(-c4ccccc4)c4ccc(C#N)cc24)CN(S(=O)(=O)c2ccc(C)cc2)c2ccccc2-3)cc1. The second kappa shape index (κ2) is 10.3. The molecule has 0 amide bonds. The first-order valence-electron chi connectivity index (χ1n) is 14.2. The second-order valence-electron chi connectivity index (χ2n) is 11.0. The van der Waals surface area contributed by atoms with E-state index in [2.05, 4.69) is 49.4 Å². The lowest BCUT2D eigenvalue weighted by molar-refractivity contribution is 0.590. The van der Waals surface area contributed by atoms with Crippen molar-refractivity contribution in [3.8, 4) is 39.4 Å². The van der Waals surface area contributed by atoms with Crippen LogP contribution in [0.1, 0.15) is 22.3 Å². The van der Waals surface area contributed by atoms with E-state index in [9.17, 15) is 13.7 Å². The molecule has 208 valence electrons. The zero-order chi connectivity index (χ0) is 29.7. The molecule has 0 fully saturated rings. The van der Waals surface area contributed by atoms with Crippen LogP contribution in [0.25, 0.3) is 44.2 Å². The summed E-state index contributed by atoms with van der Waals surface area (Å²) in [5, 5.41) is 11.8. The second-order valence-corrected chi connectivity index (χ2v) is 12.9. The maximum absolute atomic E-state index is 14.3. The van der Waals surface area contributed by atoms with Crippen LogP contribution in [0.2, 0.25) is 0 Å². The Hall–Kier alpha value is -5.18. The Labute approximate surface area is 252 Å². The van der Waals surface area contributed by atoms with Gasteiger partial charge in [-0.1, -0.05) is 102 Å². The Balaban J connectivity index is 1.63. The first kappa shape index (κ1) is 26.7. The fourth-order valence-corrected chi connectivity index (χ4v) is 7.66. The van der Waals surface area contributed by atoms with Gasteiger partial charge in [0.05, 0.1) is 28.8 Å². The quantitative estimate of drug-likeness (QED) is 0.210. The molecule has 6 aromatic rings. The molecule has 0 atom stereocenters. The average molecular weight is 577 g/mol. The Kier molecular flexibility index (Phi) is 6.38. The van der Waals surface area contributed by atoms with Gasteiger partial charge in [-0.3, -0.25) is 4.31 Å². The van der Waals surface area contributed by atoms with E-state index in [4.69, 9.17) is 0 Å². The first-order chi connectivity index (χ1) is 20.9. The van der Waals surface area contributed by atoms with Crippen molar-refractivity contribution in [2.75, 3.05) is 4.31 Å². The summed E-state index contributed by atoms with van der Waals surface area (Å²) in [6.07, 6.45) is 0. The van der Waals surface area contributed by atoms with Gasteiger partial charge in [-0.25, -0.2) is 8.42 Å². The fourth-order valence-electron chi connectivity index (χ4n) is 6.20. The third-order valence-electron chi connectivity index (χ3n) is 8.30. The van der Waals surface area contributed by atoms with E-state index in [1.807, 2.05) is 79.7 Å². The molecule has 1 heterocycles. The number of para-hydroxylation sites is 1. The third kappa shape index (κ3) is 4.39. The van der Waals surface area contributed by atoms with E-state index >= 15 is 0 Å². The summed E-state index contributed by atoms with van der Waals surface area (Å²) in [5.74, 6) is 0. The summed E-state index contributed by atoms with van der Waals surface area (Å²) >= 11 is 0. The number of anilines is 1. The number of aryl methyl sites for hydroxylation is 2. The maximum Gasteiger partial charge on any atom is 0.264 e. The highest BCUT2D eigenvalue weighted by molar-refractivity contribution is 7.92. The molecule has 43 heavy (non-hydrogen) atoms. The van der Waals surface area contributed by atoms with Crippen molar-refractivity contribution in [3.05, 3.63) is 144 Å². The van der Waals surface area contributed by atoms with Crippen LogP contribution in [-0.2, 0) is 16.6 Å². The number of hydrogen-bond donors (Lipinski definition) is 0. The van der Waals surface area contributed by atoms with E-state index in [0.717, 1.165) is 60.8 Å². The molecule has 0 radical (unpaired) electrons. The van der Waals surface area contributed by atoms with E-state index in [0.29, 0.717) is 11.3 Å². The molecule has 7 rings (SSSR count). The molecule has 0 unspecified atom stereocenters. The number of sulfonamides is 1. The van der Waals surface area contributed by atoms with Gasteiger partial charge < -0.3 is 0 Å². The van der Waals surface area contributed by atoms with Crippen LogP contribution in [0.4, 0.5) is 5.69 Å². The molecular weight excluding hydrogens is 548 g/mol. The molecule has 0 N–H and O–H groups in total. The van der Waals surface area contributed by atoms with Crippen LogP contribution in [0, 0.1) is 25.2 Å². The lowest BCUT2D eigenvalue weighted by atomic mass is 9.79. The van der Waals surface area contributed by atoms with E-state index in [1.54, 1.807) is 16.4 Å². The summed E-state index contributed by atoms with van der Waals surface area (Å²) in [6.45, 7) is 4.18. The monoisotopic (exact) mass is 576 g/mol. The van der Waals surface area contributed by atoms with Gasteiger partial charge in [0.2, 0.25) is 0 Å². The van der Waals surface area contributed by atoms with Crippen molar-refractivity contribution in [2.45, 2.75) is 25.3 Å². The number of nitrogens with zero attached hydrogens (tertiary/aromatic N) is 2. The summed E-state index contributed by atoms with van der Waals surface area (Å²) in [4.78, 5) is 0.260. The third-order valence-corrected chi connectivity index (χ3v) is 10.1. The molecule has 5 heteroatoms. The molecule has 1 aliphatic heterocycles. The van der Waals surface area contributed by atoms with Gasteiger partial charge in [-0.15, -0.1) is 0 Å². The van der Waals surface area contributed by atoms with E-state index in [1.165, 1.54) is 0 Å². The van der Waals surface area contributed by atoms with Crippen molar-refractivity contribution >= 4 is 26.5 Å². The Morgan fingerprint density at radius 3 is 1.98 bits per heavy atom. The smallest absolute Gasteiger partial charge is 0.261 e. The van der Waals surface area contributed by atoms with Crippen molar-refractivity contribution in [2.24, 2.45) is 0 Å². The lowest BCUT2D eigenvalue weighted by Crippen LogP contribution is -2.33. The van der Waals surface area contributed by atoms with Gasteiger partial charge in [0, 0.05) is 5.56 Å². The largest absolute Gasteiger partial charge is 0.264 e. The first-order valence-corrected chi connectivity index (χ1v) is 15.6. The highest BCUT2D eigenvalue weighted by Gasteiger charge is 2.35. The minimum Gasteiger partial charge on any atom is -0.261 e. The Morgan fingerprint density at radius 2 is 1.28 bits per heavy atom. The molecule has 0 spiro atoms. The number of hydrogen-bond acceptors (Lipinski definition) is 3. The summed E-state index contributed by atoms with van der Waals surface area (Å²) in [6, 6.07) is 41.5. The topological polar surface area (TPSA) is 61.2 Å². The molecule has 1 aliphatic rings. The summed E-state index contributed by atoms with van der Waals surface area (Å²) in [5.41, 5.74) is 10.1. The molecule has 4 nitrogen and oxygen atoms in total. The van der Waals surface area contributed by atoms with Crippen molar-refractivity contribution in [1.29, 1.82) is 5.26 Å². The lowest BCUT2D eigenvalue weighted by Gasteiger charge is -2.35. The predicted molar refractivity (Wildman–Crippen MR) is 174 cm³/mol. The van der Waals surface area contributed by atoms with Gasteiger partial charge in [0.25, 0.3) is 10.0 Å². The van der Waals surface area contributed by atoms with Crippen molar-refractivity contribution < 1.29 is 8.42 Å². The minimum atomic E-state index is -3.89. The minimum absolute atomic E-state index is 0.168. The van der Waals surface area contributed by atoms with Gasteiger partial charge in [-0.2, -0.15) is 5.26 Å². The fraction of sp³-hybridized carbons (Fsp3) is 0.0789. The Morgan fingerprint density at radius 1 is 0.651 bits per heavy atom. The predicted octanol–water partition coefficient (Wildman–Crippen LogP) is 9.04. The average Bonchev–Trinajstić information content (AvgIpc) is 3.04.